The van der Waals surface area contributed by atoms with Crippen molar-refractivity contribution in [2.24, 2.45) is 0 Å². The minimum atomic E-state index is 1.08. The predicted octanol–water partition coefficient (Wildman–Crippen LogP) is 5.14. The third-order valence-corrected chi connectivity index (χ3v) is 5.74. The van der Waals surface area contributed by atoms with E-state index in [4.69, 9.17) is 0 Å². The number of rotatable bonds is 1. The van der Waals surface area contributed by atoms with Crippen LogP contribution >= 0.6 is 0 Å². The van der Waals surface area contributed by atoms with Gasteiger partial charge < -0.3 is 4.98 Å². The maximum atomic E-state index is 4.50. The summed E-state index contributed by atoms with van der Waals surface area (Å²) in [5.41, 5.74) is 8.84. The summed E-state index contributed by atoms with van der Waals surface area (Å²) in [5, 5.41) is 11.0. The molecule has 3 aromatic heterocycles. The van der Waals surface area contributed by atoms with Gasteiger partial charge in [-0.25, -0.2) is 0 Å². The zero-order chi connectivity index (χ0) is 17.1. The predicted molar refractivity (Wildman–Crippen MR) is 105 cm³/mol. The van der Waals surface area contributed by atoms with E-state index >= 15 is 0 Å². The molecule has 0 amide bonds. The quantitative estimate of drug-likeness (QED) is 0.445. The molecule has 26 heavy (non-hydrogen) atoms. The van der Waals surface area contributed by atoms with Gasteiger partial charge in [0.15, 0.2) is 0 Å². The van der Waals surface area contributed by atoms with Crippen molar-refractivity contribution in [3.63, 3.8) is 0 Å². The van der Waals surface area contributed by atoms with E-state index in [-0.39, 0.29) is 0 Å². The van der Waals surface area contributed by atoms with Crippen LogP contribution in [0.15, 0.2) is 48.8 Å². The summed E-state index contributed by atoms with van der Waals surface area (Å²) in [5.74, 6) is 0. The molecule has 2 N–H and O–H groups in total. The van der Waals surface area contributed by atoms with E-state index in [1.54, 1.807) is 0 Å². The molecule has 0 saturated heterocycles. The fourth-order valence-corrected chi connectivity index (χ4v) is 4.52. The lowest BCUT2D eigenvalue weighted by atomic mass is 9.85. The molecule has 4 nitrogen and oxygen atoms in total. The Morgan fingerprint density at radius 1 is 0.885 bits per heavy atom. The van der Waals surface area contributed by atoms with Crippen LogP contribution in [0.25, 0.3) is 44.0 Å². The van der Waals surface area contributed by atoms with Gasteiger partial charge in [0.1, 0.15) is 0 Å². The Balaban J connectivity index is 1.71. The SMILES string of the molecule is c1cc2c(ccc3[nH]c(-c4ccc5[nH]ncc5c4)c4c(c32)CCCC4)n1. The molecule has 5 aromatic rings. The van der Waals surface area contributed by atoms with Crippen LogP contribution in [-0.2, 0) is 12.8 Å². The lowest BCUT2D eigenvalue weighted by molar-refractivity contribution is 0.689. The van der Waals surface area contributed by atoms with Gasteiger partial charge in [-0.2, -0.15) is 5.10 Å². The number of hydrogen-bond acceptors (Lipinski definition) is 2. The Morgan fingerprint density at radius 2 is 1.77 bits per heavy atom. The number of fused-ring (bicyclic) bond motifs is 6. The number of benzene rings is 2. The second-order valence-corrected chi connectivity index (χ2v) is 7.20. The van der Waals surface area contributed by atoms with Crippen molar-refractivity contribution >= 4 is 32.7 Å². The Kier molecular flexibility index (Phi) is 2.80. The summed E-state index contributed by atoms with van der Waals surface area (Å²) >= 11 is 0. The molecule has 2 aromatic carbocycles. The van der Waals surface area contributed by atoms with E-state index in [0.717, 1.165) is 29.3 Å². The molecular weight excluding hydrogens is 320 g/mol. The smallest absolute Gasteiger partial charge is 0.0710 e. The van der Waals surface area contributed by atoms with Gasteiger partial charge in [0, 0.05) is 33.6 Å². The molecule has 0 atom stereocenters. The highest BCUT2D eigenvalue weighted by Crippen LogP contribution is 2.38. The van der Waals surface area contributed by atoms with E-state index in [2.05, 4.69) is 56.6 Å². The van der Waals surface area contributed by atoms with Gasteiger partial charge in [0.25, 0.3) is 0 Å². The van der Waals surface area contributed by atoms with Gasteiger partial charge in [-0.05, 0) is 72.7 Å². The van der Waals surface area contributed by atoms with E-state index in [1.807, 2.05) is 12.4 Å². The fraction of sp³-hybridized carbons (Fsp3) is 0.182. The Bertz CT molecular complexity index is 1290. The van der Waals surface area contributed by atoms with Crippen LogP contribution in [0, 0.1) is 0 Å². The monoisotopic (exact) mass is 338 g/mol. The highest BCUT2D eigenvalue weighted by Gasteiger charge is 2.20. The van der Waals surface area contributed by atoms with Crippen LogP contribution in [0.5, 0.6) is 0 Å². The largest absolute Gasteiger partial charge is 0.354 e. The van der Waals surface area contributed by atoms with Gasteiger partial charge >= 0.3 is 0 Å². The van der Waals surface area contributed by atoms with E-state index < -0.39 is 0 Å². The second kappa shape index (κ2) is 5.18. The molecule has 0 spiro atoms. The maximum absolute atomic E-state index is 4.50. The minimum absolute atomic E-state index is 1.08. The van der Waals surface area contributed by atoms with Crippen LogP contribution in [0.1, 0.15) is 24.0 Å². The molecule has 4 heteroatoms. The fourth-order valence-electron chi connectivity index (χ4n) is 4.52. The summed E-state index contributed by atoms with van der Waals surface area (Å²) in [6, 6.07) is 13.0. The number of hydrogen-bond donors (Lipinski definition) is 2. The highest BCUT2D eigenvalue weighted by atomic mass is 15.1. The molecule has 1 aliphatic rings. The third-order valence-electron chi connectivity index (χ3n) is 5.74. The number of pyridine rings is 1. The number of aromatic nitrogens is 4. The third kappa shape index (κ3) is 1.90. The van der Waals surface area contributed by atoms with Crippen LogP contribution in [-0.4, -0.2) is 20.2 Å². The summed E-state index contributed by atoms with van der Waals surface area (Å²) in [6.07, 6.45) is 8.60. The van der Waals surface area contributed by atoms with E-state index in [0.29, 0.717) is 0 Å². The van der Waals surface area contributed by atoms with E-state index in [9.17, 15) is 0 Å². The average molecular weight is 338 g/mol. The van der Waals surface area contributed by atoms with Crippen LogP contribution < -0.4 is 0 Å². The van der Waals surface area contributed by atoms with Crippen molar-refractivity contribution in [1.29, 1.82) is 0 Å². The summed E-state index contributed by atoms with van der Waals surface area (Å²) in [6.45, 7) is 0. The average Bonchev–Trinajstić information content (AvgIpc) is 3.35. The lowest BCUT2D eigenvalue weighted by Gasteiger charge is -2.23. The molecule has 0 aliphatic heterocycles. The second-order valence-electron chi connectivity index (χ2n) is 7.20. The van der Waals surface area contributed by atoms with Crippen molar-refractivity contribution in [2.75, 3.05) is 0 Å². The maximum Gasteiger partial charge on any atom is 0.0710 e. The first-order valence-corrected chi connectivity index (χ1v) is 9.23. The first-order valence-electron chi connectivity index (χ1n) is 9.23. The van der Waals surface area contributed by atoms with Gasteiger partial charge in [-0.1, -0.05) is 6.07 Å². The van der Waals surface area contributed by atoms with Crippen molar-refractivity contribution in [1.82, 2.24) is 20.2 Å². The molecule has 0 bridgehead atoms. The Hall–Kier alpha value is -3.14. The van der Waals surface area contributed by atoms with Crippen molar-refractivity contribution in [3.05, 3.63) is 59.9 Å². The number of aryl methyl sites for hydroxylation is 1. The minimum Gasteiger partial charge on any atom is -0.354 e. The van der Waals surface area contributed by atoms with E-state index in [1.165, 1.54) is 51.5 Å². The molecule has 0 unspecified atom stereocenters. The zero-order valence-corrected chi connectivity index (χ0v) is 14.3. The number of H-pyrrole nitrogens is 2. The van der Waals surface area contributed by atoms with Gasteiger partial charge in [-0.15, -0.1) is 0 Å². The van der Waals surface area contributed by atoms with Crippen molar-refractivity contribution in [3.8, 4) is 11.3 Å². The number of nitrogens with zero attached hydrogens (tertiary/aromatic N) is 2. The molecular formula is C22H18N4. The normalized spacial score (nSPS) is 14.3. The standard InChI is InChI=1S/C22H18N4/c1-2-4-16-15(3-1)21-17-9-10-23-19(17)7-8-20(21)25-22(16)13-5-6-18-14(11-13)12-24-26-18/h5-12,25H,1-4H2,(H,24,26). The molecule has 6 rings (SSSR count). The zero-order valence-electron chi connectivity index (χ0n) is 14.3. The summed E-state index contributed by atoms with van der Waals surface area (Å²) in [4.78, 5) is 8.25. The van der Waals surface area contributed by atoms with Crippen molar-refractivity contribution in [2.45, 2.75) is 25.7 Å². The summed E-state index contributed by atoms with van der Waals surface area (Å²) < 4.78 is 0. The van der Waals surface area contributed by atoms with Crippen molar-refractivity contribution < 1.29 is 0 Å². The molecule has 1 aliphatic carbocycles. The van der Waals surface area contributed by atoms with Gasteiger partial charge in [-0.3, -0.25) is 10.1 Å². The first-order chi connectivity index (χ1) is 12.9. The highest BCUT2D eigenvalue weighted by molar-refractivity contribution is 6.08. The van der Waals surface area contributed by atoms with Crippen LogP contribution in [0.3, 0.4) is 0 Å². The molecule has 0 saturated carbocycles. The first kappa shape index (κ1) is 14.1. The molecule has 126 valence electrons. The number of aromatic amines is 2. The van der Waals surface area contributed by atoms with Crippen LogP contribution in [0.4, 0.5) is 0 Å². The Morgan fingerprint density at radius 3 is 2.73 bits per heavy atom. The summed E-state index contributed by atoms with van der Waals surface area (Å²) in [7, 11) is 0. The molecule has 3 heterocycles. The van der Waals surface area contributed by atoms with Gasteiger partial charge in [0.05, 0.1) is 17.2 Å². The number of nitrogens with one attached hydrogen (secondary N) is 2. The topological polar surface area (TPSA) is 57.4 Å². The lowest BCUT2D eigenvalue weighted by Crippen LogP contribution is -2.07. The van der Waals surface area contributed by atoms with Gasteiger partial charge in [0.2, 0.25) is 0 Å². The van der Waals surface area contributed by atoms with Crippen LogP contribution in [0.2, 0.25) is 0 Å². The molecule has 0 fully saturated rings. The Labute approximate surface area is 150 Å². The molecule has 0 radical (unpaired) electrons.